The van der Waals surface area contributed by atoms with Gasteiger partial charge in [-0.05, 0) is 26.8 Å². The van der Waals surface area contributed by atoms with Crippen LogP contribution in [-0.2, 0) is 9.84 Å². The second-order valence-corrected chi connectivity index (χ2v) is 8.02. The van der Waals surface area contributed by atoms with Crippen LogP contribution in [0.4, 0.5) is 0 Å². The van der Waals surface area contributed by atoms with Gasteiger partial charge in [-0.2, -0.15) is 0 Å². The molecule has 0 bridgehead atoms. The van der Waals surface area contributed by atoms with Gasteiger partial charge in [0.15, 0.2) is 22.4 Å². The Morgan fingerprint density at radius 1 is 1.19 bits per heavy atom. The molecule has 0 saturated carbocycles. The van der Waals surface area contributed by atoms with E-state index in [1.807, 2.05) is 0 Å². The molecule has 0 amide bonds. The van der Waals surface area contributed by atoms with Crippen molar-refractivity contribution in [3.8, 4) is 0 Å². The standard InChI is InChI=1S/C10H12O4S2/c1-10(2,3)16(13,14)9-4-7(5-11)15-8(9)6-12/h4-6H,1-3H3. The number of hydrogen-bond acceptors (Lipinski definition) is 5. The van der Waals surface area contributed by atoms with Gasteiger partial charge in [0.2, 0.25) is 0 Å². The van der Waals surface area contributed by atoms with Crippen LogP contribution in [0.1, 0.15) is 40.1 Å². The van der Waals surface area contributed by atoms with E-state index in [4.69, 9.17) is 0 Å². The third-order valence-corrected chi connectivity index (χ3v) is 5.71. The Hall–Kier alpha value is -1.01. The van der Waals surface area contributed by atoms with Crippen LogP contribution in [0.5, 0.6) is 0 Å². The van der Waals surface area contributed by atoms with E-state index in [1.165, 1.54) is 6.07 Å². The SMILES string of the molecule is CC(C)(C)S(=O)(=O)c1cc(C=O)sc1C=O. The van der Waals surface area contributed by atoms with Gasteiger partial charge in [0.05, 0.1) is 19.4 Å². The summed E-state index contributed by atoms with van der Waals surface area (Å²) in [6, 6.07) is 1.25. The highest BCUT2D eigenvalue weighted by Crippen LogP contribution is 2.31. The molecule has 0 unspecified atom stereocenters. The van der Waals surface area contributed by atoms with Crippen LogP contribution in [0, 0.1) is 0 Å². The molecule has 1 aromatic heterocycles. The van der Waals surface area contributed by atoms with Crippen molar-refractivity contribution < 1.29 is 18.0 Å². The molecule has 0 saturated heterocycles. The third kappa shape index (κ3) is 2.08. The van der Waals surface area contributed by atoms with E-state index in [9.17, 15) is 18.0 Å². The van der Waals surface area contributed by atoms with Gasteiger partial charge in [-0.15, -0.1) is 11.3 Å². The van der Waals surface area contributed by atoms with Gasteiger partial charge in [0.1, 0.15) is 0 Å². The molecule has 0 aliphatic carbocycles. The summed E-state index contributed by atoms with van der Waals surface area (Å²) >= 11 is 0.887. The highest BCUT2D eigenvalue weighted by Gasteiger charge is 2.34. The molecule has 1 heterocycles. The van der Waals surface area contributed by atoms with Crippen LogP contribution in [-0.4, -0.2) is 25.7 Å². The lowest BCUT2D eigenvalue weighted by atomic mass is 10.3. The van der Waals surface area contributed by atoms with Crippen LogP contribution >= 0.6 is 11.3 Å². The third-order valence-electron chi connectivity index (χ3n) is 2.06. The molecule has 88 valence electrons. The van der Waals surface area contributed by atoms with Crippen LogP contribution in [0.25, 0.3) is 0 Å². The average Bonchev–Trinajstić information content (AvgIpc) is 2.59. The minimum absolute atomic E-state index is 0.0536. The van der Waals surface area contributed by atoms with Crippen molar-refractivity contribution >= 4 is 33.7 Å². The molecular formula is C10H12O4S2. The zero-order valence-electron chi connectivity index (χ0n) is 9.18. The van der Waals surface area contributed by atoms with E-state index in [1.54, 1.807) is 20.8 Å². The highest BCUT2D eigenvalue weighted by atomic mass is 32.2. The maximum atomic E-state index is 12.1. The predicted octanol–water partition coefficient (Wildman–Crippen LogP) is 1.95. The molecule has 0 fully saturated rings. The molecule has 1 rings (SSSR count). The van der Waals surface area contributed by atoms with E-state index in [2.05, 4.69) is 0 Å². The Labute approximate surface area is 98.2 Å². The Kier molecular flexibility index (Phi) is 3.35. The zero-order chi connectivity index (χ0) is 12.6. The topological polar surface area (TPSA) is 68.3 Å². The quantitative estimate of drug-likeness (QED) is 0.779. The fourth-order valence-electron chi connectivity index (χ4n) is 1.09. The lowest BCUT2D eigenvalue weighted by molar-refractivity contribution is 0.111. The first kappa shape index (κ1) is 13.1. The molecule has 0 atom stereocenters. The lowest BCUT2D eigenvalue weighted by Gasteiger charge is -2.18. The summed E-state index contributed by atoms with van der Waals surface area (Å²) in [5.74, 6) is 0. The molecule has 1 aromatic rings. The number of rotatable bonds is 3. The van der Waals surface area contributed by atoms with Crippen LogP contribution < -0.4 is 0 Å². The maximum absolute atomic E-state index is 12.1. The van der Waals surface area contributed by atoms with E-state index in [-0.39, 0.29) is 14.6 Å². The van der Waals surface area contributed by atoms with Gasteiger partial charge < -0.3 is 0 Å². The summed E-state index contributed by atoms with van der Waals surface area (Å²) < 4.78 is 23.2. The van der Waals surface area contributed by atoms with E-state index >= 15 is 0 Å². The van der Waals surface area contributed by atoms with Crippen molar-refractivity contribution in [1.29, 1.82) is 0 Å². The summed E-state index contributed by atoms with van der Waals surface area (Å²) in [6.45, 7) is 4.65. The molecule has 0 spiro atoms. The maximum Gasteiger partial charge on any atom is 0.184 e. The summed E-state index contributed by atoms with van der Waals surface area (Å²) in [7, 11) is -3.59. The zero-order valence-corrected chi connectivity index (χ0v) is 10.8. The largest absolute Gasteiger partial charge is 0.297 e. The van der Waals surface area contributed by atoms with Gasteiger partial charge in [-0.1, -0.05) is 0 Å². The Bertz CT molecular complexity index is 518. The fraction of sp³-hybridized carbons (Fsp3) is 0.400. The fourth-order valence-corrected chi connectivity index (χ4v) is 3.56. The van der Waals surface area contributed by atoms with E-state index in [0.717, 1.165) is 11.3 Å². The molecule has 0 aliphatic heterocycles. The second kappa shape index (κ2) is 4.10. The molecule has 0 aromatic carbocycles. The van der Waals surface area contributed by atoms with Gasteiger partial charge >= 0.3 is 0 Å². The summed E-state index contributed by atoms with van der Waals surface area (Å²) in [5, 5.41) is 0. The summed E-state index contributed by atoms with van der Waals surface area (Å²) in [6.07, 6.45) is 1.01. The van der Waals surface area contributed by atoms with Crippen LogP contribution in [0.3, 0.4) is 0 Å². The number of thiophene rings is 1. The van der Waals surface area contributed by atoms with Crippen molar-refractivity contribution in [1.82, 2.24) is 0 Å². The van der Waals surface area contributed by atoms with Gasteiger partial charge in [0, 0.05) is 0 Å². The van der Waals surface area contributed by atoms with Crippen molar-refractivity contribution in [2.45, 2.75) is 30.4 Å². The summed E-state index contributed by atoms with van der Waals surface area (Å²) in [4.78, 5) is 21.6. The second-order valence-electron chi connectivity index (χ2n) is 4.23. The van der Waals surface area contributed by atoms with Crippen LogP contribution in [0.15, 0.2) is 11.0 Å². The molecule has 0 N–H and O–H groups in total. The smallest absolute Gasteiger partial charge is 0.184 e. The summed E-state index contributed by atoms with van der Waals surface area (Å²) in [5.41, 5.74) is 0. The van der Waals surface area contributed by atoms with E-state index in [0.29, 0.717) is 12.6 Å². The molecule has 6 heteroatoms. The van der Waals surface area contributed by atoms with Crippen molar-refractivity contribution in [2.75, 3.05) is 0 Å². The Morgan fingerprint density at radius 3 is 2.12 bits per heavy atom. The Balaban J connectivity index is 3.50. The highest BCUT2D eigenvalue weighted by molar-refractivity contribution is 7.93. The Morgan fingerprint density at radius 2 is 1.75 bits per heavy atom. The molecule has 16 heavy (non-hydrogen) atoms. The molecular weight excluding hydrogens is 248 g/mol. The first-order chi connectivity index (χ1) is 7.24. The molecule has 0 radical (unpaired) electrons. The monoisotopic (exact) mass is 260 g/mol. The number of carbonyl (C=O) groups excluding carboxylic acids is 2. The predicted molar refractivity (Wildman–Crippen MR) is 62.0 cm³/mol. The van der Waals surface area contributed by atoms with Gasteiger partial charge in [0.25, 0.3) is 0 Å². The van der Waals surface area contributed by atoms with Crippen molar-refractivity contribution in [3.05, 3.63) is 15.8 Å². The number of aldehydes is 2. The minimum atomic E-state index is -3.59. The number of hydrogen-bond donors (Lipinski definition) is 0. The first-order valence-corrected chi connectivity index (χ1v) is 6.83. The minimum Gasteiger partial charge on any atom is -0.297 e. The van der Waals surface area contributed by atoms with Gasteiger partial charge in [-0.3, -0.25) is 9.59 Å². The molecule has 0 aliphatic rings. The lowest BCUT2D eigenvalue weighted by Crippen LogP contribution is -2.28. The average molecular weight is 260 g/mol. The normalized spacial score (nSPS) is 12.4. The first-order valence-electron chi connectivity index (χ1n) is 4.53. The number of sulfone groups is 1. The van der Waals surface area contributed by atoms with Gasteiger partial charge in [-0.25, -0.2) is 8.42 Å². The van der Waals surface area contributed by atoms with Crippen LogP contribution in [0.2, 0.25) is 0 Å². The van der Waals surface area contributed by atoms with E-state index < -0.39 is 14.6 Å². The number of carbonyl (C=O) groups is 2. The van der Waals surface area contributed by atoms with Crippen molar-refractivity contribution in [2.24, 2.45) is 0 Å². The van der Waals surface area contributed by atoms with Crippen molar-refractivity contribution in [3.63, 3.8) is 0 Å². The molecule has 4 nitrogen and oxygen atoms in total.